The summed E-state index contributed by atoms with van der Waals surface area (Å²) in [4.78, 5) is 14.8. The number of nitrogens with two attached hydrogens (primary N) is 1. The standard InChI is InChI=1S/C18H11ClN4O2/c19-16-7-6-12(23(24)25)8-14(16)13-9-17(11-4-2-1-3-5-11)22-18(21)15(13)10-20/h1-9H,(H2,21,22). The average molecular weight is 351 g/mol. The third-order valence-corrected chi connectivity index (χ3v) is 4.01. The first-order chi connectivity index (χ1) is 12.0. The molecule has 3 rings (SSSR count). The van der Waals surface area contributed by atoms with E-state index in [1.165, 1.54) is 18.2 Å². The lowest BCUT2D eigenvalue weighted by molar-refractivity contribution is -0.384. The number of benzene rings is 2. The minimum absolute atomic E-state index is 0.0430. The van der Waals surface area contributed by atoms with Crippen molar-refractivity contribution in [2.24, 2.45) is 0 Å². The Morgan fingerprint density at radius 3 is 2.48 bits per heavy atom. The summed E-state index contributed by atoms with van der Waals surface area (Å²) in [6, 6.07) is 17.0. The summed E-state index contributed by atoms with van der Waals surface area (Å²) in [6.45, 7) is 0. The highest BCUT2D eigenvalue weighted by Crippen LogP contribution is 2.36. The van der Waals surface area contributed by atoms with Gasteiger partial charge in [0.15, 0.2) is 0 Å². The Kier molecular flexibility index (Phi) is 4.33. The Labute approximate surface area is 148 Å². The fourth-order valence-corrected chi connectivity index (χ4v) is 2.70. The van der Waals surface area contributed by atoms with Crippen molar-refractivity contribution in [3.8, 4) is 28.5 Å². The van der Waals surface area contributed by atoms with E-state index in [0.717, 1.165) is 5.56 Å². The lowest BCUT2D eigenvalue weighted by Gasteiger charge is -2.11. The largest absolute Gasteiger partial charge is 0.383 e. The Hall–Kier alpha value is -3.43. The molecule has 0 spiro atoms. The van der Waals surface area contributed by atoms with Crippen molar-refractivity contribution in [1.29, 1.82) is 5.26 Å². The predicted octanol–water partition coefficient (Wildman–Crippen LogP) is 4.43. The molecule has 0 bridgehead atoms. The molecule has 0 unspecified atom stereocenters. The quantitative estimate of drug-likeness (QED) is 0.555. The Balaban J connectivity index is 2.29. The van der Waals surface area contributed by atoms with Gasteiger partial charge in [0.05, 0.1) is 10.6 Å². The number of pyridine rings is 1. The molecular formula is C18H11ClN4O2. The maximum absolute atomic E-state index is 11.1. The molecule has 0 radical (unpaired) electrons. The second-order valence-corrected chi connectivity index (χ2v) is 5.62. The first kappa shape index (κ1) is 16.4. The van der Waals surface area contributed by atoms with Gasteiger partial charge < -0.3 is 5.73 Å². The van der Waals surface area contributed by atoms with Gasteiger partial charge in [-0.3, -0.25) is 10.1 Å². The van der Waals surface area contributed by atoms with Crippen LogP contribution in [0.3, 0.4) is 0 Å². The summed E-state index contributed by atoms with van der Waals surface area (Å²) in [5.74, 6) is 0.0430. The van der Waals surface area contributed by atoms with E-state index in [0.29, 0.717) is 16.8 Å². The topological polar surface area (TPSA) is 106 Å². The number of aromatic nitrogens is 1. The normalized spacial score (nSPS) is 10.2. The summed E-state index contributed by atoms with van der Waals surface area (Å²) in [5.41, 5.74) is 8.07. The smallest absolute Gasteiger partial charge is 0.270 e. The SMILES string of the molecule is N#Cc1c(-c2cc([N+](=O)[O-])ccc2Cl)cc(-c2ccccc2)nc1N. The van der Waals surface area contributed by atoms with Crippen LogP contribution in [-0.4, -0.2) is 9.91 Å². The van der Waals surface area contributed by atoms with Gasteiger partial charge >= 0.3 is 0 Å². The van der Waals surface area contributed by atoms with Crippen molar-refractivity contribution < 1.29 is 4.92 Å². The van der Waals surface area contributed by atoms with Gasteiger partial charge in [-0.05, 0) is 12.1 Å². The van der Waals surface area contributed by atoms with Crippen LogP contribution in [-0.2, 0) is 0 Å². The Morgan fingerprint density at radius 1 is 1.12 bits per heavy atom. The summed E-state index contributed by atoms with van der Waals surface area (Å²) >= 11 is 6.22. The van der Waals surface area contributed by atoms with Gasteiger partial charge in [0.25, 0.3) is 5.69 Å². The molecule has 0 aliphatic carbocycles. The van der Waals surface area contributed by atoms with E-state index in [9.17, 15) is 15.4 Å². The van der Waals surface area contributed by atoms with Crippen molar-refractivity contribution in [2.75, 3.05) is 5.73 Å². The number of nitro benzene ring substituents is 1. The second-order valence-electron chi connectivity index (χ2n) is 5.21. The van der Waals surface area contributed by atoms with Crippen LogP contribution >= 0.6 is 11.6 Å². The minimum Gasteiger partial charge on any atom is -0.383 e. The number of halogens is 1. The molecular weight excluding hydrogens is 340 g/mol. The minimum atomic E-state index is -0.519. The summed E-state index contributed by atoms with van der Waals surface area (Å²) in [6.07, 6.45) is 0. The molecule has 25 heavy (non-hydrogen) atoms. The zero-order valence-electron chi connectivity index (χ0n) is 12.8. The highest BCUT2D eigenvalue weighted by atomic mass is 35.5. The first-order valence-corrected chi connectivity index (χ1v) is 7.59. The molecule has 0 aliphatic heterocycles. The van der Waals surface area contributed by atoms with Crippen LogP contribution in [0.25, 0.3) is 22.4 Å². The van der Waals surface area contributed by atoms with Crippen LogP contribution in [0.5, 0.6) is 0 Å². The number of hydrogen-bond donors (Lipinski definition) is 1. The molecule has 1 heterocycles. The molecule has 2 aromatic carbocycles. The first-order valence-electron chi connectivity index (χ1n) is 7.21. The van der Waals surface area contributed by atoms with Crippen LogP contribution in [0, 0.1) is 21.4 Å². The van der Waals surface area contributed by atoms with E-state index < -0.39 is 4.92 Å². The highest BCUT2D eigenvalue weighted by Gasteiger charge is 2.18. The van der Waals surface area contributed by atoms with Gasteiger partial charge in [-0.25, -0.2) is 4.98 Å². The monoisotopic (exact) mass is 350 g/mol. The maximum Gasteiger partial charge on any atom is 0.270 e. The molecule has 3 aromatic rings. The Bertz CT molecular complexity index is 1010. The zero-order chi connectivity index (χ0) is 18.0. The molecule has 0 aliphatic rings. The van der Waals surface area contributed by atoms with Crippen LogP contribution in [0.1, 0.15) is 5.56 Å². The van der Waals surface area contributed by atoms with Gasteiger partial charge in [-0.1, -0.05) is 41.9 Å². The number of nitro groups is 1. The van der Waals surface area contributed by atoms with Gasteiger partial charge in [-0.15, -0.1) is 0 Å². The van der Waals surface area contributed by atoms with E-state index >= 15 is 0 Å². The van der Waals surface area contributed by atoms with Crippen LogP contribution in [0.15, 0.2) is 54.6 Å². The van der Waals surface area contributed by atoms with Crippen LogP contribution < -0.4 is 5.73 Å². The van der Waals surface area contributed by atoms with E-state index in [-0.39, 0.29) is 22.1 Å². The zero-order valence-corrected chi connectivity index (χ0v) is 13.6. The lowest BCUT2D eigenvalue weighted by Crippen LogP contribution is -2.00. The van der Waals surface area contributed by atoms with E-state index in [1.54, 1.807) is 6.07 Å². The second kappa shape index (κ2) is 6.59. The molecule has 1 aromatic heterocycles. The highest BCUT2D eigenvalue weighted by molar-refractivity contribution is 6.33. The maximum atomic E-state index is 11.1. The fourth-order valence-electron chi connectivity index (χ4n) is 2.48. The summed E-state index contributed by atoms with van der Waals surface area (Å²) in [5, 5.41) is 20.8. The third-order valence-electron chi connectivity index (χ3n) is 3.68. The third kappa shape index (κ3) is 3.13. The molecule has 0 saturated carbocycles. The molecule has 7 heteroatoms. The van der Waals surface area contributed by atoms with Crippen LogP contribution in [0.2, 0.25) is 5.02 Å². The molecule has 2 N–H and O–H groups in total. The predicted molar refractivity (Wildman–Crippen MR) is 95.9 cm³/mol. The van der Waals surface area contributed by atoms with Gasteiger partial charge in [-0.2, -0.15) is 5.26 Å². The number of rotatable bonds is 3. The lowest BCUT2D eigenvalue weighted by atomic mass is 9.98. The van der Waals surface area contributed by atoms with Gasteiger partial charge in [0, 0.05) is 33.8 Å². The number of hydrogen-bond acceptors (Lipinski definition) is 5. The molecule has 0 saturated heterocycles. The number of anilines is 1. The van der Waals surface area contributed by atoms with E-state index in [4.69, 9.17) is 17.3 Å². The number of nitrogen functional groups attached to an aromatic ring is 1. The van der Waals surface area contributed by atoms with E-state index in [2.05, 4.69) is 4.98 Å². The number of non-ortho nitro benzene ring substituents is 1. The summed E-state index contributed by atoms with van der Waals surface area (Å²) in [7, 11) is 0. The molecule has 0 fully saturated rings. The van der Waals surface area contributed by atoms with E-state index in [1.807, 2.05) is 36.4 Å². The Morgan fingerprint density at radius 2 is 1.84 bits per heavy atom. The number of nitriles is 1. The molecule has 6 nitrogen and oxygen atoms in total. The number of nitrogens with zero attached hydrogens (tertiary/aromatic N) is 3. The van der Waals surface area contributed by atoms with Crippen molar-refractivity contribution in [3.63, 3.8) is 0 Å². The van der Waals surface area contributed by atoms with Crippen molar-refractivity contribution in [2.45, 2.75) is 0 Å². The molecule has 122 valence electrons. The van der Waals surface area contributed by atoms with Crippen molar-refractivity contribution in [1.82, 2.24) is 4.98 Å². The van der Waals surface area contributed by atoms with Crippen molar-refractivity contribution in [3.05, 3.63) is 75.3 Å². The van der Waals surface area contributed by atoms with Crippen molar-refractivity contribution >= 4 is 23.1 Å². The van der Waals surface area contributed by atoms with Crippen LogP contribution in [0.4, 0.5) is 11.5 Å². The van der Waals surface area contributed by atoms with Gasteiger partial charge in [0.2, 0.25) is 0 Å². The fraction of sp³-hybridized carbons (Fsp3) is 0. The molecule has 0 atom stereocenters. The summed E-state index contributed by atoms with van der Waals surface area (Å²) < 4.78 is 0. The molecule has 0 amide bonds. The average Bonchev–Trinajstić information content (AvgIpc) is 2.62. The van der Waals surface area contributed by atoms with Gasteiger partial charge in [0.1, 0.15) is 17.5 Å².